The van der Waals surface area contributed by atoms with Gasteiger partial charge in [0.25, 0.3) is 0 Å². The van der Waals surface area contributed by atoms with Crippen molar-refractivity contribution in [2.24, 2.45) is 0 Å². The van der Waals surface area contributed by atoms with E-state index in [1.165, 1.54) is 6.92 Å². The van der Waals surface area contributed by atoms with Gasteiger partial charge in [-0.05, 0) is 13.3 Å². The van der Waals surface area contributed by atoms with E-state index >= 15 is 0 Å². The summed E-state index contributed by atoms with van der Waals surface area (Å²) in [6.45, 7) is 3.93. The number of hydrogen-bond acceptors (Lipinski definition) is 3. The highest BCUT2D eigenvalue weighted by atomic mass is 32.3. The Bertz CT molecular complexity index is 174. The number of thiol groups is 1. The lowest BCUT2D eigenvalue weighted by atomic mass is 10.5. The molecule has 62 valence electrons. The Kier molecular flexibility index (Phi) is 4.31. The molecule has 0 spiro atoms. The zero-order valence-electron chi connectivity index (χ0n) is 6.16. The average Bonchev–Trinajstić information content (AvgIpc) is 1.84. The Morgan fingerprint density at radius 1 is 1.60 bits per heavy atom. The van der Waals surface area contributed by atoms with Crippen LogP contribution in [0.4, 0.5) is 0 Å². The van der Waals surface area contributed by atoms with E-state index in [0.717, 1.165) is 6.42 Å². The second-order valence-corrected chi connectivity index (χ2v) is 5.25. The first-order valence-electron chi connectivity index (χ1n) is 3.17. The zero-order chi connectivity index (χ0) is 8.20. The van der Waals surface area contributed by atoms with Crippen molar-refractivity contribution in [3.05, 3.63) is 0 Å². The lowest BCUT2D eigenvalue weighted by Gasteiger charge is -2.06. The van der Waals surface area contributed by atoms with E-state index in [1.54, 1.807) is 0 Å². The lowest BCUT2D eigenvalue weighted by molar-refractivity contribution is 0.580. The van der Waals surface area contributed by atoms with Crippen LogP contribution in [0.3, 0.4) is 0 Å². The molecule has 1 atom stereocenters. The van der Waals surface area contributed by atoms with Gasteiger partial charge in [-0.2, -0.15) is 12.6 Å². The molecule has 0 fully saturated rings. The molecule has 3 nitrogen and oxygen atoms in total. The van der Waals surface area contributed by atoms with Crippen LogP contribution in [0.15, 0.2) is 0 Å². The van der Waals surface area contributed by atoms with Gasteiger partial charge in [-0.3, -0.25) is 0 Å². The van der Waals surface area contributed by atoms with E-state index in [9.17, 15) is 8.42 Å². The fourth-order valence-electron chi connectivity index (χ4n) is 0.365. The van der Waals surface area contributed by atoms with Gasteiger partial charge in [0.15, 0.2) is 0 Å². The smallest absolute Gasteiger partial charge is 0.214 e. The van der Waals surface area contributed by atoms with Crippen LogP contribution in [0, 0.1) is 0 Å². The van der Waals surface area contributed by atoms with Gasteiger partial charge in [-0.15, -0.1) is 0 Å². The van der Waals surface area contributed by atoms with Crippen molar-refractivity contribution < 1.29 is 8.42 Å². The summed E-state index contributed by atoms with van der Waals surface area (Å²) in [6.07, 6.45) is 0.805. The van der Waals surface area contributed by atoms with E-state index in [2.05, 4.69) is 17.4 Å². The van der Waals surface area contributed by atoms with Crippen LogP contribution >= 0.6 is 12.6 Å². The molecule has 0 amide bonds. The highest BCUT2D eigenvalue weighted by molar-refractivity contribution is 8.03. The molecule has 0 saturated carbocycles. The highest BCUT2D eigenvalue weighted by Gasteiger charge is 2.14. The number of sulfonamides is 1. The predicted molar refractivity (Wildman–Crippen MR) is 45.7 cm³/mol. The van der Waals surface area contributed by atoms with Crippen LogP contribution in [0.5, 0.6) is 0 Å². The third-order valence-corrected chi connectivity index (χ3v) is 3.34. The number of hydrogen-bond donors (Lipinski definition) is 2. The van der Waals surface area contributed by atoms with E-state index in [1.807, 2.05) is 6.92 Å². The second-order valence-electron chi connectivity index (χ2n) is 2.04. The molecule has 0 saturated heterocycles. The summed E-state index contributed by atoms with van der Waals surface area (Å²) < 4.78 is 23.6. The topological polar surface area (TPSA) is 46.2 Å². The predicted octanol–water partition coefficient (Wildman–Crippen LogP) is 0.592. The molecule has 0 aromatic carbocycles. The first-order chi connectivity index (χ1) is 4.50. The molecule has 0 aromatic heterocycles. The molecule has 0 aromatic rings. The minimum absolute atomic E-state index is 0.493. The molecule has 1 unspecified atom stereocenters. The number of rotatable bonds is 4. The molecular weight excluding hydrogens is 170 g/mol. The van der Waals surface area contributed by atoms with Crippen LogP contribution in [-0.2, 0) is 10.0 Å². The fourth-order valence-corrected chi connectivity index (χ4v) is 1.32. The Morgan fingerprint density at radius 2 is 2.10 bits per heavy atom. The minimum Gasteiger partial charge on any atom is -0.214 e. The molecule has 0 aliphatic carbocycles. The van der Waals surface area contributed by atoms with Crippen molar-refractivity contribution in [3.8, 4) is 0 Å². The summed E-state index contributed by atoms with van der Waals surface area (Å²) in [6, 6.07) is 0. The molecule has 10 heavy (non-hydrogen) atoms. The Morgan fingerprint density at radius 3 is 2.40 bits per heavy atom. The summed E-state index contributed by atoms with van der Waals surface area (Å²) in [5.74, 6) is 0. The standard InChI is InChI=1S/C5H13NO2S2/c1-3-4-6-10(7,8)5(2)9/h5-6,9H,3-4H2,1-2H3. The van der Waals surface area contributed by atoms with Crippen molar-refractivity contribution in [2.45, 2.75) is 24.9 Å². The molecule has 0 heterocycles. The van der Waals surface area contributed by atoms with Crippen molar-refractivity contribution in [3.63, 3.8) is 0 Å². The van der Waals surface area contributed by atoms with Crippen LogP contribution in [0.1, 0.15) is 20.3 Å². The highest BCUT2D eigenvalue weighted by Crippen LogP contribution is 2.00. The largest absolute Gasteiger partial charge is 0.223 e. The van der Waals surface area contributed by atoms with Gasteiger partial charge in [-0.1, -0.05) is 6.92 Å². The van der Waals surface area contributed by atoms with Crippen molar-refractivity contribution in [1.82, 2.24) is 4.72 Å². The Balaban J connectivity index is 3.90. The maximum absolute atomic E-state index is 10.9. The van der Waals surface area contributed by atoms with Crippen LogP contribution in [0.25, 0.3) is 0 Å². The lowest BCUT2D eigenvalue weighted by Crippen LogP contribution is -2.30. The van der Waals surface area contributed by atoms with Gasteiger partial charge in [0.1, 0.15) is 4.58 Å². The van der Waals surface area contributed by atoms with Crippen molar-refractivity contribution in [2.75, 3.05) is 6.54 Å². The first kappa shape index (κ1) is 10.3. The summed E-state index contributed by atoms with van der Waals surface area (Å²) >= 11 is 3.80. The Labute approximate surface area is 67.7 Å². The van der Waals surface area contributed by atoms with Crippen LogP contribution < -0.4 is 4.72 Å². The van der Waals surface area contributed by atoms with Gasteiger partial charge < -0.3 is 0 Å². The van der Waals surface area contributed by atoms with E-state index < -0.39 is 14.6 Å². The summed E-state index contributed by atoms with van der Waals surface area (Å²) in [7, 11) is -3.15. The molecule has 0 radical (unpaired) electrons. The molecule has 1 N–H and O–H groups in total. The van der Waals surface area contributed by atoms with Gasteiger partial charge in [0, 0.05) is 6.54 Å². The van der Waals surface area contributed by atoms with E-state index in [0.29, 0.717) is 6.54 Å². The zero-order valence-corrected chi connectivity index (χ0v) is 7.87. The average molecular weight is 183 g/mol. The monoisotopic (exact) mass is 183 g/mol. The summed E-state index contributed by atoms with van der Waals surface area (Å²) in [4.78, 5) is 0. The van der Waals surface area contributed by atoms with Gasteiger partial charge in [0.2, 0.25) is 10.0 Å². The van der Waals surface area contributed by atoms with Crippen LogP contribution in [0.2, 0.25) is 0 Å². The summed E-state index contributed by atoms with van der Waals surface area (Å²) in [5.41, 5.74) is 0. The molecule has 5 heteroatoms. The molecule has 0 bridgehead atoms. The normalized spacial score (nSPS) is 15.1. The summed E-state index contributed by atoms with van der Waals surface area (Å²) in [5, 5.41) is 0. The van der Waals surface area contributed by atoms with Crippen LogP contribution in [-0.4, -0.2) is 19.5 Å². The number of nitrogens with one attached hydrogen (secondary N) is 1. The van der Waals surface area contributed by atoms with Gasteiger partial charge >= 0.3 is 0 Å². The molecule has 0 aliphatic rings. The SMILES string of the molecule is CCCNS(=O)(=O)C(C)S. The minimum atomic E-state index is -3.15. The Hall–Kier alpha value is 0.260. The van der Waals surface area contributed by atoms with Gasteiger partial charge in [-0.25, -0.2) is 13.1 Å². The molecular formula is C5H13NO2S2. The second kappa shape index (κ2) is 4.20. The fraction of sp³-hybridized carbons (Fsp3) is 1.00. The van der Waals surface area contributed by atoms with Gasteiger partial charge in [0.05, 0.1) is 0 Å². The van der Waals surface area contributed by atoms with E-state index in [4.69, 9.17) is 0 Å². The third kappa shape index (κ3) is 3.43. The maximum atomic E-state index is 10.9. The first-order valence-corrected chi connectivity index (χ1v) is 5.23. The molecule has 0 aliphatic heterocycles. The van der Waals surface area contributed by atoms with Crippen molar-refractivity contribution in [1.29, 1.82) is 0 Å². The van der Waals surface area contributed by atoms with Crippen molar-refractivity contribution >= 4 is 22.7 Å². The molecule has 0 rings (SSSR count). The maximum Gasteiger partial charge on any atom is 0.223 e. The third-order valence-electron chi connectivity index (χ3n) is 1.00. The quantitative estimate of drug-likeness (QED) is 0.627. The van der Waals surface area contributed by atoms with E-state index in [-0.39, 0.29) is 0 Å².